The van der Waals surface area contributed by atoms with Crippen LogP contribution in [0.1, 0.15) is 15.9 Å². The average Bonchev–Trinajstić information content (AvgIpc) is 2.70. The standard InChI is InChI=1S/C19H18F3N3O6S/c1-12-4-2-6-14(8-12)25-32(29,30)15-7-3-5-13(9-15)17(27)31-10-16(26)24-18(28)23-11-19(20,21)22/h2-9,25H,10-11H2,1H3,(H2,23,24,26,28). The zero-order chi connectivity index (χ0) is 23.9. The summed E-state index contributed by atoms with van der Waals surface area (Å²) in [5.74, 6) is -2.26. The zero-order valence-electron chi connectivity index (χ0n) is 16.5. The number of alkyl halides is 3. The molecule has 0 aromatic heterocycles. The summed E-state index contributed by atoms with van der Waals surface area (Å²) in [5, 5.41) is 2.96. The van der Waals surface area contributed by atoms with E-state index in [2.05, 4.69) is 9.46 Å². The van der Waals surface area contributed by atoms with Crippen LogP contribution in [0.2, 0.25) is 0 Å². The first-order chi connectivity index (χ1) is 14.9. The minimum atomic E-state index is -4.66. The normalized spacial score (nSPS) is 11.4. The van der Waals surface area contributed by atoms with Crippen LogP contribution < -0.4 is 15.4 Å². The summed E-state index contributed by atoms with van der Waals surface area (Å²) in [5.41, 5.74) is 0.942. The van der Waals surface area contributed by atoms with Crippen molar-refractivity contribution in [3.8, 4) is 0 Å². The number of sulfonamides is 1. The van der Waals surface area contributed by atoms with E-state index in [9.17, 15) is 36.0 Å². The molecule has 0 aliphatic heterocycles. The maximum atomic E-state index is 12.6. The number of ether oxygens (including phenoxy) is 1. The zero-order valence-corrected chi connectivity index (χ0v) is 17.3. The minimum absolute atomic E-state index is 0.202. The predicted molar refractivity (Wildman–Crippen MR) is 106 cm³/mol. The average molecular weight is 473 g/mol. The summed E-state index contributed by atoms with van der Waals surface area (Å²) < 4.78 is 68.2. The Kier molecular flexibility index (Phi) is 7.81. The van der Waals surface area contributed by atoms with E-state index in [4.69, 9.17) is 0 Å². The summed E-state index contributed by atoms with van der Waals surface area (Å²) in [7, 11) is -4.03. The van der Waals surface area contributed by atoms with Crippen LogP contribution in [0.25, 0.3) is 0 Å². The number of anilines is 1. The van der Waals surface area contributed by atoms with Gasteiger partial charge < -0.3 is 10.1 Å². The molecule has 3 amide bonds. The molecule has 2 aromatic rings. The third kappa shape index (κ3) is 7.91. The molecule has 0 fully saturated rings. The molecule has 0 aliphatic rings. The van der Waals surface area contributed by atoms with Crippen molar-refractivity contribution in [2.24, 2.45) is 0 Å². The van der Waals surface area contributed by atoms with Crippen molar-refractivity contribution in [2.75, 3.05) is 17.9 Å². The Morgan fingerprint density at radius 2 is 1.72 bits per heavy atom. The fraction of sp³-hybridized carbons (Fsp3) is 0.211. The summed E-state index contributed by atoms with van der Waals surface area (Å²) in [6, 6.07) is 9.97. The lowest BCUT2D eigenvalue weighted by molar-refractivity contribution is -0.125. The second-order valence-electron chi connectivity index (χ2n) is 6.42. The molecular formula is C19H18F3N3O6S. The van der Waals surface area contributed by atoms with Crippen LogP contribution in [0.15, 0.2) is 53.4 Å². The Labute approximate surface area is 181 Å². The lowest BCUT2D eigenvalue weighted by Gasteiger charge is -2.11. The van der Waals surface area contributed by atoms with E-state index in [1.54, 1.807) is 36.5 Å². The number of halogens is 3. The van der Waals surface area contributed by atoms with Crippen molar-refractivity contribution in [1.82, 2.24) is 10.6 Å². The van der Waals surface area contributed by atoms with Gasteiger partial charge in [0.2, 0.25) is 0 Å². The molecule has 0 heterocycles. The quantitative estimate of drug-likeness (QED) is 0.529. The van der Waals surface area contributed by atoms with Crippen molar-refractivity contribution in [3.63, 3.8) is 0 Å². The van der Waals surface area contributed by atoms with E-state index >= 15 is 0 Å². The molecule has 3 N–H and O–H groups in total. The number of nitrogens with one attached hydrogen (secondary N) is 3. The lowest BCUT2D eigenvalue weighted by atomic mass is 10.2. The monoisotopic (exact) mass is 473 g/mol. The summed E-state index contributed by atoms with van der Waals surface area (Å²) in [6.07, 6.45) is -4.66. The molecule has 2 rings (SSSR count). The molecule has 0 spiro atoms. The first kappa shape index (κ1) is 24.7. The Morgan fingerprint density at radius 3 is 2.38 bits per heavy atom. The number of esters is 1. The van der Waals surface area contributed by atoms with E-state index in [1.165, 1.54) is 23.5 Å². The van der Waals surface area contributed by atoms with Crippen LogP contribution in [0, 0.1) is 6.92 Å². The highest BCUT2D eigenvalue weighted by Crippen LogP contribution is 2.18. The van der Waals surface area contributed by atoms with Gasteiger partial charge in [0.05, 0.1) is 10.5 Å². The topological polar surface area (TPSA) is 131 Å². The molecule has 2 aromatic carbocycles. The van der Waals surface area contributed by atoms with Crippen molar-refractivity contribution < 1.29 is 40.7 Å². The van der Waals surface area contributed by atoms with Gasteiger partial charge in [-0.2, -0.15) is 13.2 Å². The Morgan fingerprint density at radius 1 is 1.03 bits per heavy atom. The first-order valence-electron chi connectivity index (χ1n) is 8.87. The van der Waals surface area contributed by atoms with Gasteiger partial charge in [0.15, 0.2) is 6.61 Å². The molecule has 32 heavy (non-hydrogen) atoms. The lowest BCUT2D eigenvalue weighted by Crippen LogP contribution is -2.44. The summed E-state index contributed by atoms with van der Waals surface area (Å²) in [6.45, 7) is -0.842. The number of imide groups is 1. The number of benzene rings is 2. The fourth-order valence-corrected chi connectivity index (χ4v) is 3.41. The maximum absolute atomic E-state index is 12.6. The molecular weight excluding hydrogens is 455 g/mol. The van der Waals surface area contributed by atoms with E-state index < -0.39 is 47.3 Å². The van der Waals surface area contributed by atoms with E-state index in [1.807, 2.05) is 0 Å². The number of urea groups is 1. The number of hydrogen-bond donors (Lipinski definition) is 3. The third-order valence-corrected chi connectivity index (χ3v) is 5.07. The molecule has 0 saturated carbocycles. The van der Waals surface area contributed by atoms with Crippen LogP contribution in [0.5, 0.6) is 0 Å². The van der Waals surface area contributed by atoms with Crippen molar-refractivity contribution in [1.29, 1.82) is 0 Å². The Hall–Kier alpha value is -3.61. The molecule has 0 atom stereocenters. The molecule has 172 valence electrons. The van der Waals surface area contributed by atoms with Crippen molar-refractivity contribution >= 4 is 33.6 Å². The minimum Gasteiger partial charge on any atom is -0.452 e. The Bertz CT molecular complexity index is 1120. The number of carbonyl (C=O) groups is 3. The van der Waals surface area contributed by atoms with Crippen LogP contribution in [0.4, 0.5) is 23.7 Å². The van der Waals surface area contributed by atoms with E-state index in [0.29, 0.717) is 5.69 Å². The van der Waals surface area contributed by atoms with Gasteiger partial charge in [-0.25, -0.2) is 18.0 Å². The highest BCUT2D eigenvalue weighted by Gasteiger charge is 2.28. The second-order valence-corrected chi connectivity index (χ2v) is 8.11. The molecule has 0 unspecified atom stereocenters. The molecule has 0 aliphatic carbocycles. The van der Waals surface area contributed by atoms with Gasteiger partial charge in [-0.15, -0.1) is 0 Å². The molecule has 0 saturated heterocycles. The predicted octanol–water partition coefficient (Wildman–Crippen LogP) is 2.34. The van der Waals surface area contributed by atoms with Gasteiger partial charge >= 0.3 is 18.2 Å². The van der Waals surface area contributed by atoms with Gasteiger partial charge in [0, 0.05) is 5.69 Å². The summed E-state index contributed by atoms with van der Waals surface area (Å²) >= 11 is 0. The van der Waals surface area contributed by atoms with E-state index in [-0.39, 0.29) is 10.5 Å². The number of hydrogen-bond acceptors (Lipinski definition) is 6. The second kappa shape index (κ2) is 10.1. The Balaban J connectivity index is 1.96. The third-order valence-electron chi connectivity index (χ3n) is 3.69. The SMILES string of the molecule is Cc1cccc(NS(=O)(=O)c2cccc(C(=O)OCC(=O)NC(=O)NCC(F)(F)F)c2)c1. The van der Waals surface area contributed by atoms with Gasteiger partial charge in [-0.05, 0) is 42.8 Å². The smallest absolute Gasteiger partial charge is 0.405 e. The number of carbonyl (C=O) groups excluding carboxylic acids is 3. The van der Waals surface area contributed by atoms with Crippen molar-refractivity contribution in [3.05, 3.63) is 59.7 Å². The molecule has 13 heteroatoms. The van der Waals surface area contributed by atoms with Crippen LogP contribution >= 0.6 is 0 Å². The number of rotatable bonds is 7. The van der Waals surface area contributed by atoms with Gasteiger partial charge in [0.1, 0.15) is 6.54 Å². The molecule has 0 bridgehead atoms. The highest BCUT2D eigenvalue weighted by molar-refractivity contribution is 7.92. The van der Waals surface area contributed by atoms with Crippen molar-refractivity contribution in [2.45, 2.75) is 18.0 Å². The summed E-state index contributed by atoms with van der Waals surface area (Å²) in [4.78, 5) is 34.6. The molecule has 0 radical (unpaired) electrons. The largest absolute Gasteiger partial charge is 0.452 e. The van der Waals surface area contributed by atoms with E-state index in [0.717, 1.165) is 11.6 Å². The number of amides is 3. The van der Waals surface area contributed by atoms with Gasteiger partial charge in [0.25, 0.3) is 15.9 Å². The maximum Gasteiger partial charge on any atom is 0.405 e. The number of aryl methyl sites for hydroxylation is 1. The highest BCUT2D eigenvalue weighted by atomic mass is 32.2. The van der Waals surface area contributed by atoms with Gasteiger partial charge in [-0.3, -0.25) is 14.8 Å². The molecule has 9 nitrogen and oxygen atoms in total. The van der Waals surface area contributed by atoms with Gasteiger partial charge in [-0.1, -0.05) is 18.2 Å². The van der Waals surface area contributed by atoms with Crippen LogP contribution in [0.3, 0.4) is 0 Å². The fourth-order valence-electron chi connectivity index (χ4n) is 2.31. The first-order valence-corrected chi connectivity index (χ1v) is 10.4. The van der Waals surface area contributed by atoms with Crippen LogP contribution in [-0.4, -0.2) is 45.7 Å². The van der Waals surface area contributed by atoms with Crippen LogP contribution in [-0.2, 0) is 19.6 Å².